The lowest BCUT2D eigenvalue weighted by Crippen LogP contribution is -2.44. The van der Waals surface area contributed by atoms with E-state index in [4.69, 9.17) is 4.98 Å². The third-order valence-electron chi connectivity index (χ3n) is 8.75. The highest BCUT2D eigenvalue weighted by Gasteiger charge is 2.27. The number of likely N-dealkylation sites (N-methyl/N-ethyl adjacent to an activating group) is 1. The largest absolute Gasteiger partial charge is 0.354 e. The van der Waals surface area contributed by atoms with Gasteiger partial charge in [-0.25, -0.2) is 14.8 Å². The number of urea groups is 1. The van der Waals surface area contributed by atoms with Crippen LogP contribution in [0.3, 0.4) is 0 Å². The second-order valence-corrected chi connectivity index (χ2v) is 11.8. The lowest BCUT2D eigenvalue weighted by atomic mass is 9.78. The first kappa shape index (κ1) is 28.8. The standard InChI is InChI=1S/C35H41N7O/c1-24-9-12-29(21-25(24)2)39-35(43)38-28-13-10-26(11-14-28)32-22-27-23-37-34(40-33(27)31-8-5-4-7-30(31)32)36-15-6-16-42-19-17-41(3)18-20-42/h4-5,7-14,21,23,32H,6,15-20,22H2,1-3H3,(H,36,37,40)(H2,38,39,43). The van der Waals surface area contributed by atoms with Crippen LogP contribution in [-0.4, -0.2) is 72.1 Å². The van der Waals surface area contributed by atoms with Crippen molar-refractivity contribution >= 4 is 23.4 Å². The fourth-order valence-corrected chi connectivity index (χ4v) is 6.00. The summed E-state index contributed by atoms with van der Waals surface area (Å²) in [5.74, 6) is 0.882. The smallest absolute Gasteiger partial charge is 0.323 e. The minimum absolute atomic E-state index is 0.188. The molecular weight excluding hydrogens is 534 g/mol. The highest BCUT2D eigenvalue weighted by molar-refractivity contribution is 5.99. The Morgan fingerprint density at radius 2 is 1.65 bits per heavy atom. The Morgan fingerprint density at radius 1 is 0.907 bits per heavy atom. The second kappa shape index (κ2) is 12.9. The SMILES string of the molecule is Cc1ccc(NC(=O)Nc2ccc(C3Cc4cnc(NCCCN5CCN(C)CC5)nc4-c4ccccc43)cc2)cc1C. The summed E-state index contributed by atoms with van der Waals surface area (Å²) >= 11 is 0. The molecule has 1 aromatic heterocycles. The maximum absolute atomic E-state index is 12.6. The predicted molar refractivity (Wildman–Crippen MR) is 175 cm³/mol. The van der Waals surface area contributed by atoms with Crippen molar-refractivity contribution in [2.24, 2.45) is 0 Å². The molecule has 1 unspecified atom stereocenters. The Balaban J connectivity index is 1.09. The molecule has 0 bridgehead atoms. The summed E-state index contributed by atoms with van der Waals surface area (Å²) in [5.41, 5.74) is 9.67. The summed E-state index contributed by atoms with van der Waals surface area (Å²) in [6, 6.07) is 22.4. The maximum atomic E-state index is 12.6. The summed E-state index contributed by atoms with van der Waals surface area (Å²) < 4.78 is 0. The van der Waals surface area contributed by atoms with Gasteiger partial charge in [-0.05, 0) is 92.4 Å². The minimum Gasteiger partial charge on any atom is -0.354 e. The number of nitrogens with zero attached hydrogens (tertiary/aromatic N) is 4. The molecule has 0 saturated carbocycles. The predicted octanol–water partition coefficient (Wildman–Crippen LogP) is 6.14. The maximum Gasteiger partial charge on any atom is 0.323 e. The summed E-state index contributed by atoms with van der Waals surface area (Å²) in [7, 11) is 2.19. The van der Waals surface area contributed by atoms with Crippen LogP contribution in [0, 0.1) is 13.8 Å². The molecule has 2 heterocycles. The van der Waals surface area contributed by atoms with Crippen molar-refractivity contribution in [2.45, 2.75) is 32.6 Å². The van der Waals surface area contributed by atoms with Crippen molar-refractivity contribution in [3.63, 3.8) is 0 Å². The number of benzene rings is 3. The Morgan fingerprint density at radius 3 is 2.44 bits per heavy atom. The first-order valence-electron chi connectivity index (χ1n) is 15.3. The number of aromatic nitrogens is 2. The molecule has 3 N–H and O–H groups in total. The van der Waals surface area contributed by atoms with Gasteiger partial charge in [-0.3, -0.25) is 0 Å². The van der Waals surface area contributed by atoms with E-state index in [1.54, 1.807) is 0 Å². The molecule has 1 aliphatic heterocycles. The fraction of sp³-hybridized carbons (Fsp3) is 0.343. The van der Waals surface area contributed by atoms with Crippen LogP contribution in [0.1, 0.15) is 40.2 Å². The van der Waals surface area contributed by atoms with Crippen LogP contribution in [0.15, 0.2) is 72.9 Å². The van der Waals surface area contributed by atoms with Crippen LogP contribution in [0.4, 0.5) is 22.1 Å². The Kier molecular flexibility index (Phi) is 8.67. The van der Waals surface area contributed by atoms with E-state index in [-0.39, 0.29) is 11.9 Å². The highest BCUT2D eigenvalue weighted by atomic mass is 16.2. The van der Waals surface area contributed by atoms with Crippen LogP contribution < -0.4 is 16.0 Å². The number of nitrogens with one attached hydrogen (secondary N) is 3. The van der Waals surface area contributed by atoms with Gasteiger partial charge in [-0.2, -0.15) is 0 Å². The average Bonchev–Trinajstić information content (AvgIpc) is 3.02. The first-order chi connectivity index (χ1) is 20.9. The van der Waals surface area contributed by atoms with E-state index >= 15 is 0 Å². The lowest BCUT2D eigenvalue weighted by Gasteiger charge is -2.32. The summed E-state index contributed by atoms with van der Waals surface area (Å²) in [6.45, 7) is 10.6. The molecule has 1 aliphatic carbocycles. The van der Waals surface area contributed by atoms with E-state index in [9.17, 15) is 4.79 Å². The molecule has 2 aliphatic rings. The van der Waals surface area contributed by atoms with Crippen molar-refractivity contribution in [2.75, 3.05) is 62.3 Å². The number of hydrogen-bond acceptors (Lipinski definition) is 6. The van der Waals surface area contributed by atoms with Gasteiger partial charge < -0.3 is 25.8 Å². The lowest BCUT2D eigenvalue weighted by molar-refractivity contribution is 0.154. The molecule has 3 aromatic carbocycles. The average molecular weight is 576 g/mol. The molecular formula is C35H41N7O. The van der Waals surface area contributed by atoms with E-state index in [2.05, 4.69) is 81.1 Å². The van der Waals surface area contributed by atoms with E-state index in [0.717, 1.165) is 85.9 Å². The van der Waals surface area contributed by atoms with Gasteiger partial charge in [-0.1, -0.05) is 42.5 Å². The molecule has 1 fully saturated rings. The Hall–Kier alpha value is -4.27. The zero-order valence-electron chi connectivity index (χ0n) is 25.4. The molecule has 4 aromatic rings. The van der Waals surface area contributed by atoms with Crippen LogP contribution in [0.2, 0.25) is 0 Å². The van der Waals surface area contributed by atoms with E-state index in [0.29, 0.717) is 5.95 Å². The van der Waals surface area contributed by atoms with Crippen molar-refractivity contribution in [1.29, 1.82) is 0 Å². The van der Waals surface area contributed by atoms with Crippen LogP contribution in [0.25, 0.3) is 11.3 Å². The zero-order chi connectivity index (χ0) is 29.8. The number of fused-ring (bicyclic) bond motifs is 3. The van der Waals surface area contributed by atoms with Crippen LogP contribution in [0.5, 0.6) is 0 Å². The number of carbonyl (C=O) groups is 1. The number of aryl methyl sites for hydroxylation is 2. The normalized spacial score (nSPS) is 16.7. The molecule has 6 rings (SSSR count). The molecule has 43 heavy (non-hydrogen) atoms. The highest BCUT2D eigenvalue weighted by Crippen LogP contribution is 2.42. The Labute approximate surface area is 254 Å². The number of piperazine rings is 1. The monoisotopic (exact) mass is 575 g/mol. The van der Waals surface area contributed by atoms with Gasteiger partial charge in [-0.15, -0.1) is 0 Å². The van der Waals surface area contributed by atoms with Crippen molar-refractivity contribution < 1.29 is 4.79 Å². The quantitative estimate of drug-likeness (QED) is 0.219. The molecule has 8 nitrogen and oxygen atoms in total. The second-order valence-electron chi connectivity index (χ2n) is 11.8. The summed E-state index contributed by atoms with van der Waals surface area (Å²) in [5, 5.41) is 9.34. The van der Waals surface area contributed by atoms with Gasteiger partial charge in [0.25, 0.3) is 0 Å². The van der Waals surface area contributed by atoms with Crippen molar-refractivity contribution in [3.8, 4) is 11.3 Å². The number of hydrogen-bond donors (Lipinski definition) is 3. The van der Waals surface area contributed by atoms with Gasteiger partial charge in [0.2, 0.25) is 5.95 Å². The number of carbonyl (C=O) groups excluding carboxylic acids is 1. The van der Waals surface area contributed by atoms with E-state index in [1.165, 1.54) is 16.7 Å². The fourth-order valence-electron chi connectivity index (χ4n) is 6.00. The molecule has 2 amide bonds. The Bertz CT molecular complexity index is 1580. The molecule has 1 atom stereocenters. The number of amides is 2. The number of rotatable bonds is 8. The minimum atomic E-state index is -0.256. The molecule has 0 spiro atoms. The van der Waals surface area contributed by atoms with E-state index in [1.807, 2.05) is 43.5 Å². The first-order valence-corrected chi connectivity index (χ1v) is 15.3. The summed E-state index contributed by atoms with van der Waals surface area (Å²) in [6.07, 6.45) is 3.89. The van der Waals surface area contributed by atoms with Crippen LogP contribution in [-0.2, 0) is 6.42 Å². The van der Waals surface area contributed by atoms with Gasteiger partial charge in [0.15, 0.2) is 0 Å². The number of anilines is 3. The molecule has 8 heteroatoms. The van der Waals surface area contributed by atoms with Gasteiger partial charge >= 0.3 is 6.03 Å². The van der Waals surface area contributed by atoms with Crippen molar-refractivity contribution in [3.05, 3.63) is 101 Å². The summed E-state index contributed by atoms with van der Waals surface area (Å²) in [4.78, 5) is 27.2. The van der Waals surface area contributed by atoms with Gasteiger partial charge in [0, 0.05) is 61.8 Å². The van der Waals surface area contributed by atoms with Gasteiger partial charge in [0.05, 0.1) is 5.69 Å². The zero-order valence-corrected chi connectivity index (χ0v) is 25.4. The van der Waals surface area contributed by atoms with Crippen LogP contribution >= 0.6 is 0 Å². The third kappa shape index (κ3) is 6.87. The molecule has 1 saturated heterocycles. The van der Waals surface area contributed by atoms with E-state index < -0.39 is 0 Å². The topological polar surface area (TPSA) is 85.4 Å². The third-order valence-corrected chi connectivity index (χ3v) is 8.75. The van der Waals surface area contributed by atoms with Crippen molar-refractivity contribution in [1.82, 2.24) is 19.8 Å². The molecule has 222 valence electrons. The molecule has 0 radical (unpaired) electrons. The van der Waals surface area contributed by atoms with Gasteiger partial charge in [0.1, 0.15) is 0 Å².